The van der Waals surface area contributed by atoms with Gasteiger partial charge in [-0.05, 0) is 39.5 Å². The summed E-state index contributed by atoms with van der Waals surface area (Å²) in [6.45, 7) is 6.18. The summed E-state index contributed by atoms with van der Waals surface area (Å²) in [6.07, 6.45) is 2.95. The van der Waals surface area contributed by atoms with Crippen LogP contribution in [0, 0.1) is 0 Å². The Labute approximate surface area is 120 Å². The van der Waals surface area contributed by atoms with E-state index in [2.05, 4.69) is 5.32 Å². The lowest BCUT2D eigenvalue weighted by atomic mass is 9.96. The zero-order valence-corrected chi connectivity index (χ0v) is 12.6. The van der Waals surface area contributed by atoms with E-state index in [0.717, 1.165) is 6.42 Å². The first-order chi connectivity index (χ1) is 9.20. The summed E-state index contributed by atoms with van der Waals surface area (Å²) in [6, 6.07) is -0.360. The van der Waals surface area contributed by atoms with Crippen LogP contribution >= 0.6 is 0 Å². The van der Waals surface area contributed by atoms with Gasteiger partial charge in [0.2, 0.25) is 0 Å². The van der Waals surface area contributed by atoms with Crippen LogP contribution in [0.1, 0.15) is 52.9 Å². The van der Waals surface area contributed by atoms with Gasteiger partial charge in [0, 0.05) is 13.1 Å². The second kappa shape index (κ2) is 6.43. The normalized spacial score (nSPS) is 26.5. The molecule has 1 fully saturated rings. The summed E-state index contributed by atoms with van der Waals surface area (Å²) in [4.78, 5) is 25.1. The summed E-state index contributed by atoms with van der Waals surface area (Å²) < 4.78 is 0. The standard InChI is InChI=1S/C14H26N2O4/c1-4-6-14(3,11(17)18)15-12(19)16-9-5-7-13(2,20)8-10-16/h20H,4-10H2,1-3H3,(H,15,19)(H,17,18). The average molecular weight is 286 g/mol. The fraction of sp³-hybridized carbons (Fsp3) is 0.857. The van der Waals surface area contributed by atoms with E-state index in [1.807, 2.05) is 6.92 Å². The molecule has 2 unspecified atom stereocenters. The number of aliphatic hydroxyl groups is 1. The average Bonchev–Trinajstić information content (AvgIpc) is 2.50. The number of carbonyl (C=O) groups excluding carboxylic acids is 1. The number of likely N-dealkylation sites (tertiary alicyclic amines) is 1. The Morgan fingerprint density at radius 1 is 1.35 bits per heavy atom. The molecule has 2 atom stereocenters. The molecular weight excluding hydrogens is 260 g/mol. The molecule has 6 heteroatoms. The molecule has 0 bridgehead atoms. The third-order valence-corrected chi connectivity index (χ3v) is 3.96. The van der Waals surface area contributed by atoms with Crippen LogP contribution in [0.25, 0.3) is 0 Å². The first-order valence-corrected chi connectivity index (χ1v) is 7.23. The summed E-state index contributed by atoms with van der Waals surface area (Å²) in [5.74, 6) is -1.02. The molecule has 6 nitrogen and oxygen atoms in total. The number of carboxylic acid groups (broad SMARTS) is 1. The lowest BCUT2D eigenvalue weighted by molar-refractivity contribution is -0.144. The summed E-state index contributed by atoms with van der Waals surface area (Å²) in [5.41, 5.74) is -1.98. The topological polar surface area (TPSA) is 89.9 Å². The van der Waals surface area contributed by atoms with E-state index in [4.69, 9.17) is 0 Å². The monoisotopic (exact) mass is 286 g/mol. The maximum Gasteiger partial charge on any atom is 0.329 e. The molecular formula is C14H26N2O4. The Morgan fingerprint density at radius 2 is 2.00 bits per heavy atom. The maximum atomic E-state index is 12.2. The number of hydrogen-bond donors (Lipinski definition) is 3. The van der Waals surface area contributed by atoms with Crippen molar-refractivity contribution in [2.24, 2.45) is 0 Å². The van der Waals surface area contributed by atoms with Gasteiger partial charge in [-0.2, -0.15) is 0 Å². The number of nitrogens with one attached hydrogen (secondary N) is 1. The largest absolute Gasteiger partial charge is 0.480 e. The molecule has 0 aromatic rings. The lowest BCUT2D eigenvalue weighted by Gasteiger charge is -2.30. The zero-order valence-electron chi connectivity index (χ0n) is 12.6. The molecule has 1 aliphatic heterocycles. The second-order valence-corrected chi connectivity index (χ2v) is 6.15. The molecule has 1 rings (SSSR count). The van der Waals surface area contributed by atoms with Crippen molar-refractivity contribution in [3.05, 3.63) is 0 Å². The number of nitrogens with zero attached hydrogens (tertiary/aromatic N) is 1. The van der Waals surface area contributed by atoms with Gasteiger partial charge in [-0.1, -0.05) is 13.3 Å². The molecule has 0 aromatic carbocycles. The molecule has 20 heavy (non-hydrogen) atoms. The van der Waals surface area contributed by atoms with Gasteiger partial charge in [-0.15, -0.1) is 0 Å². The first kappa shape index (κ1) is 16.8. The van der Waals surface area contributed by atoms with Crippen molar-refractivity contribution in [2.75, 3.05) is 13.1 Å². The second-order valence-electron chi connectivity index (χ2n) is 6.15. The molecule has 1 saturated heterocycles. The molecule has 3 N–H and O–H groups in total. The molecule has 1 aliphatic rings. The predicted octanol–water partition coefficient (Wildman–Crippen LogP) is 1.58. The third-order valence-electron chi connectivity index (χ3n) is 3.96. The number of rotatable bonds is 4. The van der Waals surface area contributed by atoms with Crippen molar-refractivity contribution in [1.29, 1.82) is 0 Å². The minimum absolute atomic E-state index is 0.360. The van der Waals surface area contributed by atoms with Crippen LogP contribution < -0.4 is 5.32 Å². The van der Waals surface area contributed by atoms with Crippen molar-refractivity contribution in [3.8, 4) is 0 Å². The van der Waals surface area contributed by atoms with Crippen LogP contribution in [0.3, 0.4) is 0 Å². The molecule has 0 radical (unpaired) electrons. The number of amides is 2. The number of carbonyl (C=O) groups is 2. The van der Waals surface area contributed by atoms with Gasteiger partial charge in [0.15, 0.2) is 0 Å². The molecule has 0 aromatic heterocycles. The zero-order chi connectivity index (χ0) is 15.4. The fourth-order valence-corrected chi connectivity index (χ4v) is 2.50. The predicted molar refractivity (Wildman–Crippen MR) is 75.5 cm³/mol. The highest BCUT2D eigenvalue weighted by molar-refractivity contribution is 5.85. The van der Waals surface area contributed by atoms with E-state index in [1.165, 1.54) is 6.92 Å². The van der Waals surface area contributed by atoms with E-state index < -0.39 is 17.1 Å². The maximum absolute atomic E-state index is 12.2. The highest BCUT2D eigenvalue weighted by Crippen LogP contribution is 2.22. The van der Waals surface area contributed by atoms with E-state index in [-0.39, 0.29) is 6.03 Å². The van der Waals surface area contributed by atoms with Gasteiger partial charge in [0.1, 0.15) is 5.54 Å². The smallest absolute Gasteiger partial charge is 0.329 e. The number of hydrogen-bond acceptors (Lipinski definition) is 3. The lowest BCUT2D eigenvalue weighted by Crippen LogP contribution is -2.56. The van der Waals surface area contributed by atoms with E-state index in [0.29, 0.717) is 38.8 Å². The quantitative estimate of drug-likeness (QED) is 0.732. The number of aliphatic carboxylic acids is 1. The molecule has 0 saturated carbocycles. The van der Waals surface area contributed by atoms with Crippen molar-refractivity contribution in [2.45, 2.75) is 64.0 Å². The Balaban J connectivity index is 2.67. The van der Waals surface area contributed by atoms with E-state index in [1.54, 1.807) is 11.8 Å². The highest BCUT2D eigenvalue weighted by Gasteiger charge is 2.36. The Bertz CT molecular complexity index is 370. The van der Waals surface area contributed by atoms with Crippen LogP contribution in [-0.4, -0.2) is 51.3 Å². The van der Waals surface area contributed by atoms with E-state index in [9.17, 15) is 19.8 Å². The van der Waals surface area contributed by atoms with Crippen LogP contribution in [0.15, 0.2) is 0 Å². The molecule has 0 spiro atoms. The third kappa shape index (κ3) is 4.37. The molecule has 0 aliphatic carbocycles. The number of carboxylic acids is 1. The van der Waals surface area contributed by atoms with E-state index >= 15 is 0 Å². The van der Waals surface area contributed by atoms with Crippen LogP contribution in [-0.2, 0) is 4.79 Å². The van der Waals surface area contributed by atoms with Crippen molar-refractivity contribution < 1.29 is 19.8 Å². The summed E-state index contributed by atoms with van der Waals surface area (Å²) in [7, 11) is 0. The first-order valence-electron chi connectivity index (χ1n) is 7.23. The Hall–Kier alpha value is -1.30. The van der Waals surface area contributed by atoms with Gasteiger partial charge in [-0.25, -0.2) is 9.59 Å². The minimum atomic E-state index is -1.24. The van der Waals surface area contributed by atoms with Crippen molar-refractivity contribution in [3.63, 3.8) is 0 Å². The molecule has 2 amide bonds. The SMILES string of the molecule is CCCC(C)(NC(=O)N1CCCC(C)(O)CC1)C(=O)O. The minimum Gasteiger partial charge on any atom is -0.480 e. The number of urea groups is 1. The van der Waals surface area contributed by atoms with Crippen molar-refractivity contribution >= 4 is 12.0 Å². The highest BCUT2D eigenvalue weighted by atomic mass is 16.4. The fourth-order valence-electron chi connectivity index (χ4n) is 2.50. The van der Waals surface area contributed by atoms with Gasteiger partial charge in [0.05, 0.1) is 5.60 Å². The van der Waals surface area contributed by atoms with Crippen LogP contribution in [0.2, 0.25) is 0 Å². The summed E-state index contributed by atoms with van der Waals surface area (Å²) >= 11 is 0. The molecule has 1 heterocycles. The Morgan fingerprint density at radius 3 is 2.55 bits per heavy atom. The van der Waals surface area contributed by atoms with Crippen LogP contribution in [0.5, 0.6) is 0 Å². The van der Waals surface area contributed by atoms with Gasteiger partial charge < -0.3 is 20.4 Å². The Kier molecular flexibility index (Phi) is 5.39. The van der Waals surface area contributed by atoms with Crippen LogP contribution in [0.4, 0.5) is 4.79 Å². The molecule has 116 valence electrons. The van der Waals surface area contributed by atoms with Gasteiger partial charge in [0.25, 0.3) is 0 Å². The van der Waals surface area contributed by atoms with Gasteiger partial charge >= 0.3 is 12.0 Å². The van der Waals surface area contributed by atoms with Gasteiger partial charge in [-0.3, -0.25) is 0 Å². The summed E-state index contributed by atoms with van der Waals surface area (Å²) in [5, 5.41) is 21.9. The van der Waals surface area contributed by atoms with Crippen molar-refractivity contribution in [1.82, 2.24) is 10.2 Å².